The van der Waals surface area contributed by atoms with E-state index in [9.17, 15) is 9.59 Å². The van der Waals surface area contributed by atoms with Crippen LogP contribution < -0.4 is 15.0 Å². The van der Waals surface area contributed by atoms with Gasteiger partial charge in [0, 0.05) is 7.05 Å². The van der Waals surface area contributed by atoms with Crippen LogP contribution in [-0.4, -0.2) is 56.1 Å². The largest absolute Gasteiger partial charge is 0.474 e. The standard InChI is InChI=1S/C20H23N7O3/c1-13(2)27-20-16(9-22-27)25(3)19(29)15(11-30-20)23-18(28)17-21-12-26(24-17)10-14-7-5-4-6-8-14/h4-9,12-13,15H,10-11H2,1-3H3,(H,23,28)/t15-/m0/s1. The highest BCUT2D eigenvalue weighted by atomic mass is 16.5. The lowest BCUT2D eigenvalue weighted by atomic mass is 10.2. The van der Waals surface area contributed by atoms with Crippen molar-refractivity contribution in [1.29, 1.82) is 0 Å². The number of hydrogen-bond acceptors (Lipinski definition) is 6. The van der Waals surface area contributed by atoms with Crippen LogP contribution in [0.1, 0.15) is 36.1 Å². The molecule has 1 aromatic carbocycles. The molecule has 4 rings (SSSR count). The molecule has 3 aromatic rings. The number of likely N-dealkylation sites (N-methyl/N-ethyl adjacent to an activating group) is 1. The summed E-state index contributed by atoms with van der Waals surface area (Å²) in [7, 11) is 1.63. The third kappa shape index (κ3) is 3.76. The summed E-state index contributed by atoms with van der Waals surface area (Å²) in [5, 5.41) is 11.2. The molecule has 0 saturated heterocycles. The Bertz CT molecular complexity index is 1060. The van der Waals surface area contributed by atoms with Gasteiger partial charge in [-0.2, -0.15) is 5.10 Å². The zero-order valence-electron chi connectivity index (χ0n) is 17.0. The average molecular weight is 409 g/mol. The van der Waals surface area contributed by atoms with E-state index in [2.05, 4.69) is 20.5 Å². The molecule has 2 aromatic heterocycles. The lowest BCUT2D eigenvalue weighted by molar-refractivity contribution is -0.120. The van der Waals surface area contributed by atoms with Gasteiger partial charge in [-0.1, -0.05) is 30.3 Å². The minimum Gasteiger partial charge on any atom is -0.474 e. The Morgan fingerprint density at radius 3 is 2.80 bits per heavy atom. The molecule has 0 bridgehead atoms. The number of fused-ring (bicyclic) bond motifs is 1. The van der Waals surface area contributed by atoms with Gasteiger partial charge in [0.15, 0.2) is 0 Å². The number of anilines is 1. The average Bonchev–Trinajstić information content (AvgIpc) is 3.35. The first-order valence-electron chi connectivity index (χ1n) is 9.66. The Balaban J connectivity index is 1.45. The van der Waals surface area contributed by atoms with Crippen molar-refractivity contribution >= 4 is 17.5 Å². The predicted molar refractivity (Wildman–Crippen MR) is 108 cm³/mol. The maximum absolute atomic E-state index is 12.8. The van der Waals surface area contributed by atoms with Crippen LogP contribution in [0.25, 0.3) is 0 Å². The summed E-state index contributed by atoms with van der Waals surface area (Å²) >= 11 is 0. The van der Waals surface area contributed by atoms with Crippen LogP contribution in [0, 0.1) is 0 Å². The van der Waals surface area contributed by atoms with Gasteiger partial charge in [-0.05, 0) is 19.4 Å². The Hall–Kier alpha value is -3.69. The summed E-state index contributed by atoms with van der Waals surface area (Å²) in [6.07, 6.45) is 3.08. The molecule has 1 N–H and O–H groups in total. The molecule has 0 radical (unpaired) electrons. The Labute approximate surface area is 173 Å². The van der Waals surface area contributed by atoms with E-state index in [-0.39, 0.29) is 24.4 Å². The second-order valence-electron chi connectivity index (χ2n) is 7.36. The van der Waals surface area contributed by atoms with Gasteiger partial charge in [-0.25, -0.2) is 14.3 Å². The Morgan fingerprint density at radius 1 is 1.30 bits per heavy atom. The molecule has 3 heterocycles. The van der Waals surface area contributed by atoms with Gasteiger partial charge in [0.25, 0.3) is 11.8 Å². The quantitative estimate of drug-likeness (QED) is 0.680. The van der Waals surface area contributed by atoms with Crippen LogP contribution in [0.3, 0.4) is 0 Å². The van der Waals surface area contributed by atoms with Crippen molar-refractivity contribution in [3.63, 3.8) is 0 Å². The molecular formula is C20H23N7O3. The molecule has 0 unspecified atom stereocenters. The summed E-state index contributed by atoms with van der Waals surface area (Å²) in [6.45, 7) is 4.43. The topological polar surface area (TPSA) is 107 Å². The highest BCUT2D eigenvalue weighted by molar-refractivity contribution is 6.02. The van der Waals surface area contributed by atoms with E-state index in [4.69, 9.17) is 4.74 Å². The van der Waals surface area contributed by atoms with E-state index in [1.165, 1.54) is 11.2 Å². The molecule has 2 amide bonds. The van der Waals surface area contributed by atoms with Crippen molar-refractivity contribution in [2.45, 2.75) is 32.5 Å². The molecule has 1 aliphatic heterocycles. The van der Waals surface area contributed by atoms with E-state index in [1.807, 2.05) is 44.2 Å². The Morgan fingerprint density at radius 2 is 2.07 bits per heavy atom. The minimum atomic E-state index is -0.864. The first-order chi connectivity index (χ1) is 14.4. The number of rotatable bonds is 5. The van der Waals surface area contributed by atoms with Crippen molar-refractivity contribution in [2.24, 2.45) is 0 Å². The fraction of sp³-hybridized carbons (Fsp3) is 0.350. The number of hydrogen-bond donors (Lipinski definition) is 1. The number of ether oxygens (including phenoxy) is 1. The van der Waals surface area contributed by atoms with Gasteiger partial charge in [0.1, 0.15) is 24.7 Å². The van der Waals surface area contributed by atoms with Crippen LogP contribution in [-0.2, 0) is 11.3 Å². The summed E-state index contributed by atoms with van der Waals surface area (Å²) in [6, 6.07) is 8.94. The lowest BCUT2D eigenvalue weighted by Crippen LogP contribution is -2.49. The van der Waals surface area contributed by atoms with Gasteiger partial charge < -0.3 is 15.0 Å². The first kappa shape index (κ1) is 19.6. The molecule has 1 aliphatic rings. The van der Waals surface area contributed by atoms with Crippen molar-refractivity contribution in [1.82, 2.24) is 29.9 Å². The van der Waals surface area contributed by atoms with Gasteiger partial charge in [0.2, 0.25) is 11.7 Å². The molecule has 30 heavy (non-hydrogen) atoms. The first-order valence-corrected chi connectivity index (χ1v) is 9.66. The number of carbonyl (C=O) groups excluding carboxylic acids is 2. The second kappa shape index (κ2) is 7.97. The Kier molecular flexibility index (Phi) is 5.21. The van der Waals surface area contributed by atoms with Crippen molar-refractivity contribution < 1.29 is 14.3 Å². The molecule has 0 spiro atoms. The van der Waals surface area contributed by atoms with Crippen molar-refractivity contribution in [2.75, 3.05) is 18.6 Å². The van der Waals surface area contributed by atoms with E-state index < -0.39 is 11.9 Å². The smallest absolute Gasteiger partial charge is 0.291 e. The number of nitrogens with one attached hydrogen (secondary N) is 1. The summed E-state index contributed by atoms with van der Waals surface area (Å²) in [4.78, 5) is 31.0. The molecule has 10 heteroatoms. The highest BCUT2D eigenvalue weighted by Crippen LogP contribution is 2.32. The van der Waals surface area contributed by atoms with Crippen LogP contribution in [0.5, 0.6) is 5.88 Å². The number of amides is 2. The summed E-state index contributed by atoms with van der Waals surface area (Å²) in [5.74, 6) is -0.331. The van der Waals surface area contributed by atoms with Gasteiger partial charge >= 0.3 is 0 Å². The van der Waals surface area contributed by atoms with Crippen LogP contribution in [0.15, 0.2) is 42.9 Å². The number of aromatic nitrogens is 5. The SMILES string of the molecule is CC(C)n1ncc2c1OC[C@H](NC(=O)c1ncn(Cc3ccccc3)n1)C(=O)N2C. The van der Waals surface area contributed by atoms with E-state index in [0.29, 0.717) is 18.1 Å². The monoisotopic (exact) mass is 409 g/mol. The van der Waals surface area contributed by atoms with Crippen molar-refractivity contribution in [3.8, 4) is 5.88 Å². The molecule has 1 atom stereocenters. The minimum absolute atomic E-state index is 0.00324. The fourth-order valence-corrected chi connectivity index (χ4v) is 3.24. The van der Waals surface area contributed by atoms with E-state index in [1.54, 1.807) is 22.6 Å². The van der Waals surface area contributed by atoms with Gasteiger partial charge in [-0.3, -0.25) is 9.59 Å². The lowest BCUT2D eigenvalue weighted by Gasteiger charge is -2.18. The normalized spacial score (nSPS) is 16.2. The molecule has 156 valence electrons. The van der Waals surface area contributed by atoms with Crippen LogP contribution >= 0.6 is 0 Å². The van der Waals surface area contributed by atoms with Gasteiger partial charge in [0.05, 0.1) is 18.8 Å². The third-order valence-electron chi connectivity index (χ3n) is 4.83. The molecule has 10 nitrogen and oxygen atoms in total. The van der Waals surface area contributed by atoms with Gasteiger partial charge in [-0.15, -0.1) is 5.10 Å². The summed E-state index contributed by atoms with van der Waals surface area (Å²) in [5.41, 5.74) is 1.61. The highest BCUT2D eigenvalue weighted by Gasteiger charge is 2.34. The fourth-order valence-electron chi connectivity index (χ4n) is 3.24. The second-order valence-corrected chi connectivity index (χ2v) is 7.36. The maximum atomic E-state index is 12.8. The zero-order chi connectivity index (χ0) is 21.3. The molecule has 0 aliphatic carbocycles. The summed E-state index contributed by atoms with van der Waals surface area (Å²) < 4.78 is 9.12. The predicted octanol–water partition coefficient (Wildman–Crippen LogP) is 1.26. The number of benzene rings is 1. The van der Waals surface area contributed by atoms with E-state index in [0.717, 1.165) is 5.56 Å². The number of nitrogens with zero attached hydrogens (tertiary/aromatic N) is 6. The van der Waals surface area contributed by atoms with Crippen LogP contribution in [0.4, 0.5) is 5.69 Å². The molecule has 0 saturated carbocycles. The third-order valence-corrected chi connectivity index (χ3v) is 4.83. The van der Waals surface area contributed by atoms with Crippen LogP contribution in [0.2, 0.25) is 0 Å². The number of carbonyl (C=O) groups is 2. The maximum Gasteiger partial charge on any atom is 0.291 e. The molecular weight excluding hydrogens is 386 g/mol. The van der Waals surface area contributed by atoms with E-state index >= 15 is 0 Å². The zero-order valence-corrected chi connectivity index (χ0v) is 17.0. The van der Waals surface area contributed by atoms with Crippen molar-refractivity contribution in [3.05, 3.63) is 54.2 Å². The molecule has 0 fully saturated rings.